The van der Waals surface area contributed by atoms with E-state index in [0.29, 0.717) is 13.0 Å². The first-order valence-electron chi connectivity index (χ1n) is 6.05. The fourth-order valence-electron chi connectivity index (χ4n) is 1.48. The average molecular weight is 256 g/mol. The lowest BCUT2D eigenvalue weighted by atomic mass is 10.3. The molecule has 1 heterocycles. The Morgan fingerprint density at radius 1 is 1.35 bits per heavy atom. The van der Waals surface area contributed by atoms with Crippen molar-refractivity contribution in [3.63, 3.8) is 0 Å². The molecule has 1 aromatic heterocycles. The van der Waals surface area contributed by atoms with Gasteiger partial charge in [0.25, 0.3) is 0 Å². The molecule has 0 bridgehead atoms. The van der Waals surface area contributed by atoms with Crippen molar-refractivity contribution in [3.8, 4) is 0 Å². The Morgan fingerprint density at radius 2 is 2.06 bits per heavy atom. The Morgan fingerprint density at radius 3 is 2.59 bits per heavy atom. The number of carbonyl (C=O) groups is 1. The molecule has 0 aliphatic rings. The van der Waals surface area contributed by atoms with Crippen molar-refractivity contribution < 1.29 is 4.79 Å². The maximum atomic E-state index is 11.7. The van der Waals surface area contributed by atoms with E-state index in [9.17, 15) is 4.79 Å². The van der Waals surface area contributed by atoms with Gasteiger partial charge in [-0.05, 0) is 13.8 Å². The number of rotatable bonds is 7. The minimum atomic E-state index is 0.183. The van der Waals surface area contributed by atoms with Crippen molar-refractivity contribution in [2.75, 3.05) is 25.0 Å². The molecule has 0 fully saturated rings. The highest BCUT2D eigenvalue weighted by molar-refractivity contribution is 7.09. The van der Waals surface area contributed by atoms with Crippen LogP contribution in [-0.2, 0) is 11.2 Å². The van der Waals surface area contributed by atoms with E-state index in [2.05, 4.69) is 14.7 Å². The van der Waals surface area contributed by atoms with Crippen LogP contribution in [0, 0.1) is 0 Å². The first kappa shape index (κ1) is 13.9. The summed E-state index contributed by atoms with van der Waals surface area (Å²) in [5.74, 6) is 1.04. The minimum absolute atomic E-state index is 0.183. The lowest BCUT2D eigenvalue weighted by Crippen LogP contribution is -2.31. The van der Waals surface area contributed by atoms with E-state index in [1.54, 1.807) is 0 Å². The van der Waals surface area contributed by atoms with E-state index in [-0.39, 0.29) is 5.91 Å². The van der Waals surface area contributed by atoms with E-state index < -0.39 is 0 Å². The number of nitrogens with zero attached hydrogens (tertiary/aromatic N) is 3. The summed E-state index contributed by atoms with van der Waals surface area (Å²) in [6.07, 6.45) is 1.35. The van der Waals surface area contributed by atoms with E-state index in [4.69, 9.17) is 0 Å². The molecule has 96 valence electrons. The highest BCUT2D eigenvalue weighted by atomic mass is 32.1. The Labute approximate surface area is 106 Å². The van der Waals surface area contributed by atoms with Gasteiger partial charge in [-0.2, -0.15) is 4.37 Å². The van der Waals surface area contributed by atoms with Crippen LogP contribution in [0.1, 0.15) is 33.0 Å². The van der Waals surface area contributed by atoms with Crippen LogP contribution >= 0.6 is 11.5 Å². The van der Waals surface area contributed by atoms with Gasteiger partial charge in [0.05, 0.1) is 0 Å². The summed E-state index contributed by atoms with van der Waals surface area (Å²) in [5, 5.41) is 3.93. The van der Waals surface area contributed by atoms with Gasteiger partial charge in [0.2, 0.25) is 11.0 Å². The predicted molar refractivity (Wildman–Crippen MR) is 70.3 cm³/mol. The molecule has 0 saturated heterocycles. The Kier molecular flexibility index (Phi) is 5.90. The summed E-state index contributed by atoms with van der Waals surface area (Å²) in [6, 6.07) is 0. The maximum Gasteiger partial charge on any atom is 0.224 e. The standard InChI is InChI=1S/C11H20N4OS/c1-4-9-13-11(17-14-9)12-8-7-10(16)15(5-2)6-3/h4-8H2,1-3H3,(H,12,13,14). The largest absolute Gasteiger partial charge is 0.360 e. The summed E-state index contributed by atoms with van der Waals surface area (Å²) in [7, 11) is 0. The van der Waals surface area contributed by atoms with Gasteiger partial charge in [-0.25, -0.2) is 4.98 Å². The third kappa shape index (κ3) is 4.30. The van der Waals surface area contributed by atoms with Gasteiger partial charge in [0.1, 0.15) is 5.82 Å². The zero-order chi connectivity index (χ0) is 12.7. The molecule has 1 amide bonds. The Bertz CT molecular complexity index is 349. The summed E-state index contributed by atoms with van der Waals surface area (Å²) in [4.78, 5) is 17.8. The molecule has 6 heteroatoms. The molecule has 5 nitrogen and oxygen atoms in total. The van der Waals surface area contributed by atoms with Gasteiger partial charge in [-0.1, -0.05) is 6.92 Å². The molecule has 0 saturated carbocycles. The highest BCUT2D eigenvalue weighted by Gasteiger charge is 2.09. The van der Waals surface area contributed by atoms with Crippen LogP contribution in [0.4, 0.5) is 5.13 Å². The second kappa shape index (κ2) is 7.21. The van der Waals surface area contributed by atoms with Gasteiger partial charge in [-0.15, -0.1) is 0 Å². The molecule has 0 atom stereocenters. The minimum Gasteiger partial charge on any atom is -0.360 e. The number of aromatic nitrogens is 2. The van der Waals surface area contributed by atoms with Gasteiger partial charge in [-0.3, -0.25) is 4.79 Å². The fourth-order valence-corrected chi connectivity index (χ4v) is 2.15. The number of carbonyl (C=O) groups excluding carboxylic acids is 1. The van der Waals surface area contributed by atoms with Crippen LogP contribution < -0.4 is 5.32 Å². The smallest absolute Gasteiger partial charge is 0.224 e. The van der Waals surface area contributed by atoms with Crippen LogP contribution in [0.15, 0.2) is 0 Å². The molecule has 0 radical (unpaired) electrons. The van der Waals surface area contributed by atoms with Gasteiger partial charge in [0, 0.05) is 44.0 Å². The lowest BCUT2D eigenvalue weighted by molar-refractivity contribution is -0.130. The van der Waals surface area contributed by atoms with E-state index in [0.717, 1.165) is 30.5 Å². The first-order chi connectivity index (χ1) is 8.21. The molecule has 1 rings (SSSR count). The molecule has 0 aliphatic carbocycles. The third-order valence-electron chi connectivity index (χ3n) is 2.52. The van der Waals surface area contributed by atoms with Gasteiger partial charge in [0.15, 0.2) is 0 Å². The molecule has 0 aromatic carbocycles. The molecular weight excluding hydrogens is 236 g/mol. The second-order valence-corrected chi connectivity index (χ2v) is 4.36. The van der Waals surface area contributed by atoms with Gasteiger partial charge >= 0.3 is 0 Å². The summed E-state index contributed by atoms with van der Waals surface area (Å²) >= 11 is 1.35. The van der Waals surface area contributed by atoms with E-state index >= 15 is 0 Å². The van der Waals surface area contributed by atoms with Crippen molar-refractivity contribution in [3.05, 3.63) is 5.82 Å². The lowest BCUT2D eigenvalue weighted by Gasteiger charge is -2.18. The first-order valence-corrected chi connectivity index (χ1v) is 6.82. The summed E-state index contributed by atoms with van der Waals surface area (Å²) < 4.78 is 4.17. The third-order valence-corrected chi connectivity index (χ3v) is 3.23. The summed E-state index contributed by atoms with van der Waals surface area (Å²) in [5.41, 5.74) is 0. The van der Waals surface area contributed by atoms with Crippen LogP contribution in [0.2, 0.25) is 0 Å². The van der Waals surface area contributed by atoms with Crippen LogP contribution in [-0.4, -0.2) is 39.8 Å². The Balaban J connectivity index is 2.29. The van der Waals surface area contributed by atoms with Crippen molar-refractivity contribution in [2.45, 2.75) is 33.6 Å². The zero-order valence-corrected chi connectivity index (χ0v) is 11.5. The van der Waals surface area contributed by atoms with Crippen molar-refractivity contribution in [2.24, 2.45) is 0 Å². The topological polar surface area (TPSA) is 58.1 Å². The van der Waals surface area contributed by atoms with Gasteiger partial charge < -0.3 is 10.2 Å². The number of hydrogen-bond acceptors (Lipinski definition) is 5. The number of nitrogens with one attached hydrogen (secondary N) is 1. The maximum absolute atomic E-state index is 11.7. The number of amides is 1. The van der Waals surface area contributed by atoms with Crippen molar-refractivity contribution in [1.82, 2.24) is 14.3 Å². The number of aryl methyl sites for hydroxylation is 1. The summed E-state index contributed by atoms with van der Waals surface area (Å²) in [6.45, 7) is 8.17. The number of hydrogen-bond donors (Lipinski definition) is 1. The molecule has 1 N–H and O–H groups in total. The van der Waals surface area contributed by atoms with E-state index in [1.807, 2.05) is 25.7 Å². The fraction of sp³-hybridized carbons (Fsp3) is 0.727. The molecule has 0 aliphatic heterocycles. The van der Waals surface area contributed by atoms with Crippen LogP contribution in [0.3, 0.4) is 0 Å². The molecule has 1 aromatic rings. The highest BCUT2D eigenvalue weighted by Crippen LogP contribution is 2.11. The normalized spacial score (nSPS) is 10.3. The predicted octanol–water partition coefficient (Wildman–Crippen LogP) is 1.77. The monoisotopic (exact) mass is 256 g/mol. The van der Waals surface area contributed by atoms with Crippen molar-refractivity contribution in [1.29, 1.82) is 0 Å². The zero-order valence-electron chi connectivity index (χ0n) is 10.7. The molecular formula is C11H20N4OS. The quantitative estimate of drug-likeness (QED) is 0.808. The SMILES string of the molecule is CCc1nsc(NCCC(=O)N(CC)CC)n1. The van der Waals surface area contributed by atoms with Crippen LogP contribution in [0.25, 0.3) is 0 Å². The van der Waals surface area contributed by atoms with Crippen LogP contribution in [0.5, 0.6) is 0 Å². The molecule has 0 unspecified atom stereocenters. The molecule has 17 heavy (non-hydrogen) atoms. The molecule has 0 spiro atoms. The second-order valence-electron chi connectivity index (χ2n) is 3.61. The Hall–Kier alpha value is -1.17. The van der Waals surface area contributed by atoms with Crippen molar-refractivity contribution >= 4 is 22.6 Å². The van der Waals surface area contributed by atoms with E-state index in [1.165, 1.54) is 11.5 Å². The number of anilines is 1. The average Bonchev–Trinajstić information content (AvgIpc) is 2.78.